The predicted octanol–water partition coefficient (Wildman–Crippen LogP) is 5.26. The molecule has 0 spiro atoms. The quantitative estimate of drug-likeness (QED) is 0.644. The third-order valence-corrected chi connectivity index (χ3v) is 4.90. The van der Waals surface area contributed by atoms with E-state index in [-0.39, 0.29) is 11.9 Å². The van der Waals surface area contributed by atoms with Crippen LogP contribution in [0.15, 0.2) is 83.3 Å². The fraction of sp³-hybridized carbons (Fsp3) is 0.0952. The lowest BCUT2D eigenvalue weighted by molar-refractivity contribution is 0.0985. The smallest absolute Gasteiger partial charge is 0.258 e. The average Bonchev–Trinajstić information content (AvgIpc) is 2.67. The number of carbonyl (C=O) groups is 1. The molecule has 0 fully saturated rings. The van der Waals surface area contributed by atoms with Crippen LogP contribution in [0.4, 0.5) is 11.4 Å². The highest BCUT2D eigenvalue weighted by atomic mass is 79.9. The van der Waals surface area contributed by atoms with Crippen molar-refractivity contribution in [2.75, 3.05) is 16.8 Å². The number of amides is 1. The highest BCUT2D eigenvalue weighted by molar-refractivity contribution is 9.10. The molecule has 1 aliphatic rings. The Bertz CT molecular complexity index is 911. The summed E-state index contributed by atoms with van der Waals surface area (Å²) in [7, 11) is 0. The van der Waals surface area contributed by atoms with Crippen LogP contribution in [0.2, 0.25) is 0 Å². The molecule has 0 saturated heterocycles. The van der Waals surface area contributed by atoms with Gasteiger partial charge in [0.05, 0.1) is 24.0 Å². The first-order valence-electron chi connectivity index (χ1n) is 8.20. The third kappa shape index (κ3) is 3.17. The van der Waals surface area contributed by atoms with E-state index in [1.165, 1.54) is 5.56 Å². The van der Waals surface area contributed by atoms with E-state index >= 15 is 0 Å². The monoisotopic (exact) mass is 392 g/mol. The molecule has 3 nitrogen and oxygen atoms in total. The average molecular weight is 393 g/mol. The van der Waals surface area contributed by atoms with Crippen molar-refractivity contribution in [3.8, 4) is 0 Å². The largest absolute Gasteiger partial charge is 0.375 e. The summed E-state index contributed by atoms with van der Waals surface area (Å²) in [6, 6.07) is 25.8. The molecule has 4 heteroatoms. The van der Waals surface area contributed by atoms with Crippen molar-refractivity contribution in [3.63, 3.8) is 0 Å². The molecule has 3 aromatic rings. The summed E-state index contributed by atoms with van der Waals surface area (Å²) in [5.41, 5.74) is 3.74. The van der Waals surface area contributed by atoms with Crippen LogP contribution in [0.25, 0.3) is 0 Å². The second-order valence-corrected chi connectivity index (χ2v) is 6.97. The maximum Gasteiger partial charge on any atom is 0.258 e. The molecule has 3 aromatic carbocycles. The maximum absolute atomic E-state index is 13.2. The zero-order valence-corrected chi connectivity index (χ0v) is 15.1. The number of fused-ring (bicyclic) bond motifs is 1. The highest BCUT2D eigenvalue weighted by Gasteiger charge is 2.29. The van der Waals surface area contributed by atoms with E-state index in [4.69, 9.17) is 0 Å². The first-order valence-corrected chi connectivity index (χ1v) is 8.99. The van der Waals surface area contributed by atoms with Gasteiger partial charge in [0, 0.05) is 10.0 Å². The van der Waals surface area contributed by atoms with Crippen LogP contribution in [0.5, 0.6) is 0 Å². The zero-order valence-electron chi connectivity index (χ0n) is 13.5. The van der Waals surface area contributed by atoms with E-state index in [1.807, 2.05) is 71.6 Å². The maximum atomic E-state index is 13.2. The van der Waals surface area contributed by atoms with Gasteiger partial charge in [-0.1, -0.05) is 64.5 Å². The molecule has 1 unspecified atom stereocenters. The number of benzene rings is 3. The molecule has 124 valence electrons. The summed E-state index contributed by atoms with van der Waals surface area (Å²) in [5, 5.41) is 3.56. The first-order chi connectivity index (χ1) is 12.2. The van der Waals surface area contributed by atoms with Crippen molar-refractivity contribution in [2.24, 2.45) is 0 Å². The number of hydrogen-bond acceptors (Lipinski definition) is 2. The Labute approximate surface area is 155 Å². The van der Waals surface area contributed by atoms with Crippen LogP contribution in [-0.2, 0) is 0 Å². The number of rotatable bonds is 2. The summed E-state index contributed by atoms with van der Waals surface area (Å²) in [4.78, 5) is 15.0. The number of carbonyl (C=O) groups excluding carboxylic acids is 1. The van der Waals surface area contributed by atoms with Gasteiger partial charge < -0.3 is 10.2 Å². The second-order valence-electron chi connectivity index (χ2n) is 6.05. The van der Waals surface area contributed by atoms with E-state index in [1.54, 1.807) is 0 Å². The van der Waals surface area contributed by atoms with Gasteiger partial charge in [-0.05, 0) is 35.9 Å². The highest BCUT2D eigenvalue weighted by Crippen LogP contribution is 2.36. The Morgan fingerprint density at radius 2 is 1.72 bits per heavy atom. The Morgan fingerprint density at radius 3 is 2.52 bits per heavy atom. The molecule has 25 heavy (non-hydrogen) atoms. The Morgan fingerprint density at radius 1 is 0.960 bits per heavy atom. The van der Waals surface area contributed by atoms with Crippen LogP contribution in [-0.4, -0.2) is 12.5 Å². The molecule has 1 amide bonds. The summed E-state index contributed by atoms with van der Waals surface area (Å²) in [5.74, 6) is 0.0104. The van der Waals surface area contributed by atoms with Crippen molar-refractivity contribution >= 4 is 33.2 Å². The van der Waals surface area contributed by atoms with Gasteiger partial charge in [-0.3, -0.25) is 4.79 Å². The van der Waals surface area contributed by atoms with Crippen LogP contribution in [0, 0.1) is 0 Å². The lowest BCUT2D eigenvalue weighted by atomic mass is 10.0. The minimum Gasteiger partial charge on any atom is -0.375 e. The number of nitrogens with one attached hydrogen (secondary N) is 1. The summed E-state index contributed by atoms with van der Waals surface area (Å²) < 4.78 is 0.904. The van der Waals surface area contributed by atoms with E-state index in [0.29, 0.717) is 12.1 Å². The molecular formula is C21H17BrN2O. The topological polar surface area (TPSA) is 32.3 Å². The molecule has 0 aromatic heterocycles. The van der Waals surface area contributed by atoms with Gasteiger partial charge >= 0.3 is 0 Å². The van der Waals surface area contributed by atoms with Crippen LogP contribution in [0.1, 0.15) is 22.0 Å². The van der Waals surface area contributed by atoms with Crippen molar-refractivity contribution in [1.29, 1.82) is 0 Å². The number of para-hydroxylation sites is 2. The molecule has 0 bridgehead atoms. The summed E-state index contributed by atoms with van der Waals surface area (Å²) in [6.07, 6.45) is 0. The van der Waals surface area contributed by atoms with Crippen molar-refractivity contribution < 1.29 is 4.79 Å². The lowest BCUT2D eigenvalue weighted by Crippen LogP contribution is -2.40. The van der Waals surface area contributed by atoms with E-state index in [0.717, 1.165) is 15.8 Å². The van der Waals surface area contributed by atoms with Gasteiger partial charge in [0.15, 0.2) is 0 Å². The standard InChI is InChI=1S/C21H17BrN2O/c22-17-10-6-9-16(13-17)21(25)24-14-19(15-7-2-1-3-8-15)23-18-11-4-5-12-20(18)24/h1-13,19,23H,14H2. The van der Waals surface area contributed by atoms with Gasteiger partial charge in [-0.2, -0.15) is 0 Å². The number of anilines is 2. The minimum atomic E-state index is 0.0104. The van der Waals surface area contributed by atoms with Gasteiger partial charge in [0.2, 0.25) is 0 Å². The Balaban J connectivity index is 1.74. The molecule has 1 atom stereocenters. The molecule has 0 saturated carbocycles. The predicted molar refractivity (Wildman–Crippen MR) is 105 cm³/mol. The van der Waals surface area contributed by atoms with Gasteiger partial charge in [-0.15, -0.1) is 0 Å². The fourth-order valence-electron chi connectivity index (χ4n) is 3.19. The molecule has 0 radical (unpaired) electrons. The molecule has 4 rings (SSSR count). The summed E-state index contributed by atoms with van der Waals surface area (Å²) in [6.45, 7) is 0.590. The van der Waals surface area contributed by atoms with Crippen molar-refractivity contribution in [2.45, 2.75) is 6.04 Å². The number of nitrogens with zero attached hydrogens (tertiary/aromatic N) is 1. The Hall–Kier alpha value is -2.59. The van der Waals surface area contributed by atoms with Crippen LogP contribution >= 0.6 is 15.9 Å². The van der Waals surface area contributed by atoms with Gasteiger partial charge in [0.1, 0.15) is 0 Å². The SMILES string of the molecule is O=C(c1cccc(Br)c1)N1CC(c2ccccc2)Nc2ccccc21. The molecule has 1 N–H and O–H groups in total. The second kappa shape index (κ2) is 6.73. The molecular weight excluding hydrogens is 376 g/mol. The van der Waals surface area contributed by atoms with E-state index < -0.39 is 0 Å². The number of hydrogen-bond donors (Lipinski definition) is 1. The van der Waals surface area contributed by atoms with Gasteiger partial charge in [0.25, 0.3) is 5.91 Å². The van der Waals surface area contributed by atoms with Crippen LogP contribution < -0.4 is 10.2 Å². The summed E-state index contributed by atoms with van der Waals surface area (Å²) >= 11 is 3.45. The van der Waals surface area contributed by atoms with Crippen molar-refractivity contribution in [1.82, 2.24) is 0 Å². The van der Waals surface area contributed by atoms with Gasteiger partial charge in [-0.25, -0.2) is 0 Å². The zero-order chi connectivity index (χ0) is 17.2. The van der Waals surface area contributed by atoms with E-state index in [2.05, 4.69) is 33.4 Å². The van der Waals surface area contributed by atoms with Crippen LogP contribution in [0.3, 0.4) is 0 Å². The minimum absolute atomic E-state index is 0.0104. The molecule has 0 aliphatic carbocycles. The van der Waals surface area contributed by atoms with Crippen molar-refractivity contribution in [3.05, 3.63) is 94.5 Å². The van der Waals surface area contributed by atoms with E-state index in [9.17, 15) is 4.79 Å². The molecule has 1 heterocycles. The first kappa shape index (κ1) is 15.9. The molecule has 1 aliphatic heterocycles. The lowest BCUT2D eigenvalue weighted by Gasteiger charge is -2.36. The Kier molecular flexibility index (Phi) is 4.28. The normalized spacial score (nSPS) is 16.0. The number of halogens is 1. The third-order valence-electron chi connectivity index (χ3n) is 4.41. The fourth-order valence-corrected chi connectivity index (χ4v) is 3.59.